The summed E-state index contributed by atoms with van der Waals surface area (Å²) in [6.45, 7) is 1.49. The number of amides is 1. The van der Waals surface area contributed by atoms with Crippen molar-refractivity contribution < 1.29 is 9.59 Å². The Hall–Kier alpha value is -3.65. The van der Waals surface area contributed by atoms with Crippen LogP contribution in [0.3, 0.4) is 0 Å². The van der Waals surface area contributed by atoms with E-state index < -0.39 is 0 Å². The minimum atomic E-state index is -0.229. The average molecular weight is 433 g/mol. The molecule has 7 nitrogen and oxygen atoms in total. The van der Waals surface area contributed by atoms with Gasteiger partial charge in [-0.1, -0.05) is 42.1 Å². The molecule has 0 aliphatic carbocycles. The van der Waals surface area contributed by atoms with Crippen molar-refractivity contribution in [2.24, 2.45) is 7.05 Å². The van der Waals surface area contributed by atoms with Gasteiger partial charge in [0.15, 0.2) is 10.9 Å². The predicted octanol–water partition coefficient (Wildman–Crippen LogP) is 3.86. The average Bonchev–Trinajstić information content (AvgIpc) is 3.20. The Morgan fingerprint density at radius 1 is 1.10 bits per heavy atom. The number of aromatic nitrogens is 3. The molecule has 1 amide bonds. The minimum Gasteiger partial charge on any atom is -0.355 e. The highest BCUT2D eigenvalue weighted by atomic mass is 32.2. The number of benzene rings is 2. The van der Waals surface area contributed by atoms with Gasteiger partial charge in [-0.3, -0.25) is 19.0 Å². The molecule has 0 unspecified atom stereocenters. The van der Waals surface area contributed by atoms with Gasteiger partial charge in [0.25, 0.3) is 5.56 Å². The lowest BCUT2D eigenvalue weighted by Crippen LogP contribution is -2.21. The number of hydrogen-bond donors (Lipinski definition) is 2. The second-order valence-electron chi connectivity index (χ2n) is 7.02. The highest BCUT2D eigenvalue weighted by molar-refractivity contribution is 7.99. The number of Topliss-reactive ketones (excluding diaryl/α,β-unsaturated/α-hetero) is 1. The molecule has 31 heavy (non-hydrogen) atoms. The second-order valence-corrected chi connectivity index (χ2v) is 7.96. The van der Waals surface area contributed by atoms with Crippen molar-refractivity contribution in [3.63, 3.8) is 0 Å². The van der Waals surface area contributed by atoms with Crippen molar-refractivity contribution in [2.75, 3.05) is 11.1 Å². The zero-order chi connectivity index (χ0) is 22.0. The first-order valence-corrected chi connectivity index (χ1v) is 10.6. The third-order valence-electron chi connectivity index (χ3n) is 4.86. The van der Waals surface area contributed by atoms with Gasteiger partial charge in [-0.15, -0.1) is 0 Å². The van der Waals surface area contributed by atoms with Crippen molar-refractivity contribution >= 4 is 40.2 Å². The van der Waals surface area contributed by atoms with Gasteiger partial charge in [0.1, 0.15) is 11.0 Å². The molecule has 4 aromatic rings. The summed E-state index contributed by atoms with van der Waals surface area (Å²) in [5.41, 5.74) is 3.79. The van der Waals surface area contributed by atoms with Crippen molar-refractivity contribution in [1.82, 2.24) is 14.5 Å². The van der Waals surface area contributed by atoms with Gasteiger partial charge in [-0.25, -0.2) is 4.98 Å². The summed E-state index contributed by atoms with van der Waals surface area (Å²) in [6.07, 6.45) is 1.78. The summed E-state index contributed by atoms with van der Waals surface area (Å²) in [7, 11) is 1.64. The van der Waals surface area contributed by atoms with Gasteiger partial charge in [0, 0.05) is 30.1 Å². The van der Waals surface area contributed by atoms with Gasteiger partial charge in [0.05, 0.1) is 5.75 Å². The number of nitrogens with one attached hydrogen (secondary N) is 2. The van der Waals surface area contributed by atoms with E-state index in [1.807, 2.05) is 30.3 Å². The summed E-state index contributed by atoms with van der Waals surface area (Å²) in [5.74, 6) is -0.173. The van der Waals surface area contributed by atoms with Crippen LogP contribution in [-0.2, 0) is 11.8 Å². The summed E-state index contributed by atoms with van der Waals surface area (Å²) >= 11 is 1.19. The van der Waals surface area contributed by atoms with E-state index >= 15 is 0 Å². The number of ketones is 1. The Labute approximate surface area is 182 Å². The SMILES string of the molecule is CC(=O)c1ccc(NC(=O)CSc2nc3c(-c4ccccc4)c[nH]c3c(=O)n2C)cc1. The summed E-state index contributed by atoms with van der Waals surface area (Å²) in [5, 5.41) is 3.24. The lowest BCUT2D eigenvalue weighted by atomic mass is 10.1. The zero-order valence-electron chi connectivity index (χ0n) is 17.0. The van der Waals surface area contributed by atoms with Crippen LogP contribution in [0.2, 0.25) is 0 Å². The van der Waals surface area contributed by atoms with Crippen molar-refractivity contribution in [3.05, 3.63) is 76.7 Å². The van der Waals surface area contributed by atoms with E-state index in [0.717, 1.165) is 11.1 Å². The molecule has 0 bridgehead atoms. The van der Waals surface area contributed by atoms with Crippen LogP contribution >= 0.6 is 11.8 Å². The fraction of sp³-hybridized carbons (Fsp3) is 0.130. The number of nitrogens with zero attached hydrogens (tertiary/aromatic N) is 2. The Morgan fingerprint density at radius 3 is 2.48 bits per heavy atom. The topological polar surface area (TPSA) is 96.8 Å². The third-order valence-corrected chi connectivity index (χ3v) is 5.89. The normalized spacial score (nSPS) is 10.9. The molecule has 0 radical (unpaired) electrons. The number of carbonyl (C=O) groups is 2. The number of thioether (sulfide) groups is 1. The number of aromatic amines is 1. The maximum atomic E-state index is 12.8. The molecule has 0 fully saturated rings. The first-order valence-electron chi connectivity index (χ1n) is 9.61. The predicted molar refractivity (Wildman–Crippen MR) is 123 cm³/mol. The molecular weight excluding hydrogens is 412 g/mol. The van der Waals surface area contributed by atoms with Crippen molar-refractivity contribution in [1.29, 1.82) is 0 Å². The fourth-order valence-electron chi connectivity index (χ4n) is 3.20. The number of fused-ring (bicyclic) bond motifs is 1. The minimum absolute atomic E-state index is 0.0320. The zero-order valence-corrected chi connectivity index (χ0v) is 17.8. The van der Waals surface area contributed by atoms with Crippen LogP contribution in [0.25, 0.3) is 22.2 Å². The van der Waals surface area contributed by atoms with Crippen molar-refractivity contribution in [2.45, 2.75) is 12.1 Å². The Balaban J connectivity index is 1.54. The number of H-pyrrole nitrogens is 1. The van der Waals surface area contributed by atoms with Gasteiger partial charge >= 0.3 is 0 Å². The molecule has 0 saturated carbocycles. The van der Waals surface area contributed by atoms with E-state index in [-0.39, 0.29) is 23.0 Å². The number of hydrogen-bond acceptors (Lipinski definition) is 5. The molecule has 0 aliphatic rings. The summed E-state index contributed by atoms with van der Waals surface area (Å²) in [4.78, 5) is 44.2. The smallest absolute Gasteiger partial charge is 0.278 e. The highest BCUT2D eigenvalue weighted by Gasteiger charge is 2.16. The van der Waals surface area contributed by atoms with Crippen LogP contribution in [0.4, 0.5) is 5.69 Å². The van der Waals surface area contributed by atoms with E-state index in [0.29, 0.717) is 27.4 Å². The van der Waals surface area contributed by atoms with Gasteiger partial charge in [-0.2, -0.15) is 0 Å². The van der Waals surface area contributed by atoms with Crippen LogP contribution in [0, 0.1) is 0 Å². The molecule has 156 valence electrons. The molecule has 2 heterocycles. The Morgan fingerprint density at radius 2 is 1.81 bits per heavy atom. The largest absolute Gasteiger partial charge is 0.355 e. The first-order chi connectivity index (χ1) is 14.9. The van der Waals surface area contributed by atoms with E-state index in [4.69, 9.17) is 0 Å². The maximum absolute atomic E-state index is 12.8. The molecule has 2 aromatic heterocycles. The van der Waals surface area contributed by atoms with Crippen LogP contribution in [0.1, 0.15) is 17.3 Å². The van der Waals surface area contributed by atoms with E-state index in [1.165, 1.54) is 23.3 Å². The summed E-state index contributed by atoms with van der Waals surface area (Å²) in [6, 6.07) is 16.4. The monoisotopic (exact) mass is 432 g/mol. The molecule has 2 N–H and O–H groups in total. The van der Waals surface area contributed by atoms with Crippen LogP contribution < -0.4 is 10.9 Å². The van der Waals surface area contributed by atoms with Crippen molar-refractivity contribution in [3.8, 4) is 11.1 Å². The molecule has 0 aliphatic heterocycles. The first kappa shape index (κ1) is 20.6. The quantitative estimate of drug-likeness (QED) is 0.274. The molecule has 0 spiro atoms. The number of anilines is 1. The van der Waals surface area contributed by atoms with E-state index in [9.17, 15) is 14.4 Å². The van der Waals surface area contributed by atoms with E-state index in [1.54, 1.807) is 37.5 Å². The lowest BCUT2D eigenvalue weighted by molar-refractivity contribution is -0.113. The third kappa shape index (κ3) is 4.29. The highest BCUT2D eigenvalue weighted by Crippen LogP contribution is 2.27. The van der Waals surface area contributed by atoms with Crippen LogP contribution in [0.5, 0.6) is 0 Å². The summed E-state index contributed by atoms with van der Waals surface area (Å²) < 4.78 is 1.44. The standard InChI is InChI=1S/C23H20N4O3S/c1-14(28)15-8-10-17(11-9-15)25-19(29)13-31-23-26-20-18(16-6-4-3-5-7-16)12-24-21(20)22(30)27(23)2/h3-12,24H,13H2,1-2H3,(H,25,29). The molecular formula is C23H20N4O3S. The molecule has 8 heteroatoms. The molecule has 0 saturated heterocycles. The van der Waals surface area contributed by atoms with Crippen LogP contribution in [-0.4, -0.2) is 32.0 Å². The lowest BCUT2D eigenvalue weighted by Gasteiger charge is -2.09. The maximum Gasteiger partial charge on any atom is 0.278 e. The van der Waals surface area contributed by atoms with Gasteiger partial charge in [-0.05, 0) is 36.8 Å². The molecule has 2 aromatic carbocycles. The van der Waals surface area contributed by atoms with Gasteiger partial charge in [0.2, 0.25) is 5.91 Å². The fourth-order valence-corrected chi connectivity index (χ4v) is 3.97. The molecule has 4 rings (SSSR count). The van der Waals surface area contributed by atoms with Gasteiger partial charge < -0.3 is 10.3 Å². The number of carbonyl (C=O) groups excluding carboxylic acids is 2. The molecule has 0 atom stereocenters. The Kier molecular flexibility index (Phi) is 5.73. The van der Waals surface area contributed by atoms with Crippen LogP contribution in [0.15, 0.2) is 70.7 Å². The number of rotatable bonds is 6. The van der Waals surface area contributed by atoms with E-state index in [2.05, 4.69) is 15.3 Å². The Bertz CT molecular complexity index is 1320. The second kappa shape index (κ2) is 8.61.